The Hall–Kier alpha value is -1.12. The summed E-state index contributed by atoms with van der Waals surface area (Å²) in [5.41, 5.74) is 0. The van der Waals surface area contributed by atoms with Crippen molar-refractivity contribution < 1.29 is 4.79 Å². The lowest BCUT2D eigenvalue weighted by atomic mass is 10.1. The van der Waals surface area contributed by atoms with E-state index in [0.29, 0.717) is 6.54 Å². The molecule has 2 heterocycles. The van der Waals surface area contributed by atoms with Crippen LogP contribution < -0.4 is 5.32 Å². The van der Waals surface area contributed by atoms with Gasteiger partial charge in [0.15, 0.2) is 0 Å². The smallest absolute Gasteiger partial charge is 0.227 e. The minimum Gasteiger partial charge on any atom is -0.340 e. The summed E-state index contributed by atoms with van der Waals surface area (Å²) in [6.45, 7) is 5.56. The number of hydrogen-bond donors (Lipinski definition) is 1. The standard InChI is InChI=1S/C11H18N4O/c12-2-6-14-5-1-10(9-14)11(16)15-7-3-13-4-8-15/h10,13H,1,3-9H2. The third-order valence-corrected chi connectivity index (χ3v) is 3.34. The molecule has 1 amide bonds. The lowest BCUT2D eigenvalue weighted by Crippen LogP contribution is -2.48. The van der Waals surface area contributed by atoms with Crippen molar-refractivity contribution in [2.75, 3.05) is 45.8 Å². The van der Waals surface area contributed by atoms with E-state index in [0.717, 1.165) is 45.7 Å². The molecule has 0 aliphatic carbocycles. The van der Waals surface area contributed by atoms with E-state index in [9.17, 15) is 4.79 Å². The van der Waals surface area contributed by atoms with Gasteiger partial charge in [0, 0.05) is 32.7 Å². The van der Waals surface area contributed by atoms with Crippen molar-refractivity contribution in [3.8, 4) is 6.07 Å². The van der Waals surface area contributed by atoms with Crippen LogP contribution in [-0.4, -0.2) is 61.5 Å². The lowest BCUT2D eigenvalue weighted by molar-refractivity contribution is -0.135. The highest BCUT2D eigenvalue weighted by Crippen LogP contribution is 2.18. The van der Waals surface area contributed by atoms with E-state index in [1.165, 1.54) is 0 Å². The molecule has 16 heavy (non-hydrogen) atoms. The van der Waals surface area contributed by atoms with Gasteiger partial charge >= 0.3 is 0 Å². The summed E-state index contributed by atoms with van der Waals surface area (Å²) in [5, 5.41) is 11.8. The Balaban J connectivity index is 1.84. The van der Waals surface area contributed by atoms with Crippen LogP contribution in [0.5, 0.6) is 0 Å². The monoisotopic (exact) mass is 222 g/mol. The molecule has 0 bridgehead atoms. The molecule has 0 aromatic carbocycles. The molecule has 1 N–H and O–H groups in total. The van der Waals surface area contributed by atoms with Gasteiger partial charge in [0.05, 0.1) is 18.5 Å². The SMILES string of the molecule is N#CCN1CCC(C(=O)N2CCNCC2)C1. The summed E-state index contributed by atoms with van der Waals surface area (Å²) in [7, 11) is 0. The van der Waals surface area contributed by atoms with Crippen LogP contribution in [0.4, 0.5) is 0 Å². The van der Waals surface area contributed by atoms with Gasteiger partial charge in [-0.2, -0.15) is 5.26 Å². The Bertz CT molecular complexity index is 293. The lowest BCUT2D eigenvalue weighted by Gasteiger charge is -2.29. The van der Waals surface area contributed by atoms with Crippen molar-refractivity contribution in [1.82, 2.24) is 15.1 Å². The second kappa shape index (κ2) is 5.28. The maximum Gasteiger partial charge on any atom is 0.227 e. The fourth-order valence-corrected chi connectivity index (χ4v) is 2.42. The van der Waals surface area contributed by atoms with E-state index in [1.54, 1.807) is 0 Å². The third kappa shape index (κ3) is 2.52. The minimum absolute atomic E-state index is 0.117. The van der Waals surface area contributed by atoms with Gasteiger partial charge in [-0.1, -0.05) is 0 Å². The normalized spacial score (nSPS) is 26.7. The largest absolute Gasteiger partial charge is 0.340 e. The third-order valence-electron chi connectivity index (χ3n) is 3.34. The number of amides is 1. The summed E-state index contributed by atoms with van der Waals surface area (Å²) in [6, 6.07) is 2.14. The zero-order valence-electron chi connectivity index (χ0n) is 9.48. The van der Waals surface area contributed by atoms with Crippen LogP contribution in [0.3, 0.4) is 0 Å². The van der Waals surface area contributed by atoms with Gasteiger partial charge in [-0.05, 0) is 13.0 Å². The van der Waals surface area contributed by atoms with Crippen LogP contribution in [0.15, 0.2) is 0 Å². The molecule has 2 saturated heterocycles. The van der Waals surface area contributed by atoms with E-state index < -0.39 is 0 Å². The van der Waals surface area contributed by atoms with E-state index in [-0.39, 0.29) is 11.8 Å². The number of nitrogens with zero attached hydrogens (tertiary/aromatic N) is 3. The van der Waals surface area contributed by atoms with Crippen LogP contribution in [0.2, 0.25) is 0 Å². The van der Waals surface area contributed by atoms with Crippen LogP contribution in [0.1, 0.15) is 6.42 Å². The first-order valence-electron chi connectivity index (χ1n) is 5.90. The Morgan fingerprint density at radius 2 is 2.12 bits per heavy atom. The van der Waals surface area contributed by atoms with Gasteiger partial charge in [-0.25, -0.2) is 0 Å². The van der Waals surface area contributed by atoms with Gasteiger partial charge in [0.2, 0.25) is 5.91 Å². The highest BCUT2D eigenvalue weighted by molar-refractivity contribution is 5.79. The molecule has 5 heteroatoms. The molecule has 0 radical (unpaired) electrons. The summed E-state index contributed by atoms with van der Waals surface area (Å²) in [5.74, 6) is 0.397. The molecule has 88 valence electrons. The van der Waals surface area contributed by atoms with Crippen molar-refractivity contribution in [3.05, 3.63) is 0 Å². The highest BCUT2D eigenvalue weighted by Gasteiger charge is 2.31. The van der Waals surface area contributed by atoms with Gasteiger partial charge in [0.25, 0.3) is 0 Å². The van der Waals surface area contributed by atoms with Gasteiger partial charge in [0.1, 0.15) is 0 Å². The molecular formula is C11H18N4O. The molecule has 0 aromatic rings. The fraction of sp³-hybridized carbons (Fsp3) is 0.818. The van der Waals surface area contributed by atoms with Crippen molar-refractivity contribution in [2.45, 2.75) is 6.42 Å². The Morgan fingerprint density at radius 3 is 2.81 bits per heavy atom. The van der Waals surface area contributed by atoms with Crippen LogP contribution in [0.25, 0.3) is 0 Å². The fourth-order valence-electron chi connectivity index (χ4n) is 2.42. The summed E-state index contributed by atoms with van der Waals surface area (Å²) in [6.07, 6.45) is 0.907. The number of nitriles is 1. The number of piperazine rings is 1. The van der Waals surface area contributed by atoms with Gasteiger partial charge in [-0.15, -0.1) is 0 Å². The van der Waals surface area contributed by atoms with E-state index in [1.807, 2.05) is 4.90 Å². The number of rotatable bonds is 2. The first-order valence-corrected chi connectivity index (χ1v) is 5.90. The Kier molecular flexibility index (Phi) is 3.75. The van der Waals surface area contributed by atoms with E-state index >= 15 is 0 Å². The first kappa shape index (κ1) is 11.4. The van der Waals surface area contributed by atoms with Crippen LogP contribution >= 0.6 is 0 Å². The first-order chi connectivity index (χ1) is 7.81. The predicted octanol–water partition coefficient (Wildman–Crippen LogP) is -0.736. The average Bonchev–Trinajstić information content (AvgIpc) is 2.78. The molecule has 2 aliphatic heterocycles. The second-order valence-corrected chi connectivity index (χ2v) is 4.45. The highest BCUT2D eigenvalue weighted by atomic mass is 16.2. The number of likely N-dealkylation sites (tertiary alicyclic amines) is 1. The van der Waals surface area contributed by atoms with E-state index in [4.69, 9.17) is 5.26 Å². The Morgan fingerprint density at radius 1 is 1.38 bits per heavy atom. The summed E-state index contributed by atoms with van der Waals surface area (Å²) in [4.78, 5) is 16.2. The Labute approximate surface area is 96.0 Å². The number of carbonyl (C=O) groups is 1. The minimum atomic E-state index is 0.117. The number of hydrogen-bond acceptors (Lipinski definition) is 4. The molecular weight excluding hydrogens is 204 g/mol. The average molecular weight is 222 g/mol. The van der Waals surface area contributed by atoms with Crippen molar-refractivity contribution in [3.63, 3.8) is 0 Å². The molecule has 2 rings (SSSR count). The quantitative estimate of drug-likeness (QED) is 0.625. The van der Waals surface area contributed by atoms with Crippen LogP contribution in [-0.2, 0) is 4.79 Å². The summed E-state index contributed by atoms with van der Waals surface area (Å²) >= 11 is 0. The second-order valence-electron chi connectivity index (χ2n) is 4.45. The van der Waals surface area contributed by atoms with Gasteiger partial charge in [-0.3, -0.25) is 9.69 Å². The number of nitrogens with one attached hydrogen (secondary N) is 1. The molecule has 0 spiro atoms. The molecule has 0 aromatic heterocycles. The zero-order chi connectivity index (χ0) is 11.4. The van der Waals surface area contributed by atoms with E-state index in [2.05, 4.69) is 16.3 Å². The number of carbonyl (C=O) groups excluding carboxylic acids is 1. The van der Waals surface area contributed by atoms with Crippen molar-refractivity contribution >= 4 is 5.91 Å². The zero-order valence-corrected chi connectivity index (χ0v) is 9.48. The topological polar surface area (TPSA) is 59.4 Å². The maximum absolute atomic E-state index is 12.1. The van der Waals surface area contributed by atoms with Crippen molar-refractivity contribution in [1.29, 1.82) is 5.26 Å². The molecule has 2 aliphatic rings. The summed E-state index contributed by atoms with van der Waals surface area (Å²) < 4.78 is 0. The maximum atomic E-state index is 12.1. The van der Waals surface area contributed by atoms with Gasteiger partial charge < -0.3 is 10.2 Å². The molecule has 5 nitrogen and oxygen atoms in total. The molecule has 2 fully saturated rings. The molecule has 1 atom stereocenters. The predicted molar refractivity (Wildman–Crippen MR) is 59.6 cm³/mol. The molecule has 1 unspecified atom stereocenters. The molecule has 0 saturated carbocycles. The van der Waals surface area contributed by atoms with Crippen molar-refractivity contribution in [2.24, 2.45) is 5.92 Å². The van der Waals surface area contributed by atoms with Crippen LogP contribution in [0, 0.1) is 17.2 Å².